The molecule has 2 aromatic carbocycles. The summed E-state index contributed by atoms with van der Waals surface area (Å²) in [6, 6.07) is 10.4. The van der Waals surface area contributed by atoms with Crippen LogP contribution in [0.3, 0.4) is 0 Å². The van der Waals surface area contributed by atoms with Crippen LogP contribution in [0.4, 0.5) is 14.0 Å². The van der Waals surface area contributed by atoms with Crippen LogP contribution in [-0.4, -0.2) is 83.4 Å². The number of fused-ring (bicyclic) bond motifs is 2. The molecule has 0 bridgehead atoms. The third-order valence-electron chi connectivity index (χ3n) is 10.8. The fourth-order valence-electron chi connectivity index (χ4n) is 8.49. The summed E-state index contributed by atoms with van der Waals surface area (Å²) in [5, 5.41) is 27.2. The number of carbonyl (C=O) groups is 2. The fourth-order valence-corrected chi connectivity index (χ4v) is 8.49. The van der Waals surface area contributed by atoms with Crippen molar-refractivity contribution in [1.82, 2.24) is 10.2 Å². The maximum atomic E-state index is 14.3. The van der Waals surface area contributed by atoms with Gasteiger partial charge < -0.3 is 39.3 Å². The van der Waals surface area contributed by atoms with Crippen LogP contribution in [0.1, 0.15) is 96.6 Å². The van der Waals surface area contributed by atoms with Gasteiger partial charge in [0.15, 0.2) is 0 Å². The Morgan fingerprint density at radius 3 is 2.44 bits per heavy atom. The molecule has 3 N–H and O–H groups in total. The zero-order valence-electron chi connectivity index (χ0n) is 34.0. The van der Waals surface area contributed by atoms with Crippen molar-refractivity contribution in [3.8, 4) is 11.5 Å². The molecule has 0 radical (unpaired) electrons. The van der Waals surface area contributed by atoms with Gasteiger partial charge in [-0.05, 0) is 114 Å². The number of ether oxygens (including phenoxy) is 4. The number of carbonyl (C=O) groups excluding carboxylic acids is 2. The van der Waals surface area contributed by atoms with Gasteiger partial charge in [-0.15, -0.1) is 6.58 Å². The number of hydrogen-bond donors (Lipinski definition) is 3. The first-order valence-electron chi connectivity index (χ1n) is 20.3. The molecular formula is C44H60FN3O9. The maximum Gasteiger partial charge on any atom is 0.412 e. The van der Waals surface area contributed by atoms with E-state index in [1.807, 2.05) is 33.8 Å². The average Bonchev–Trinajstić information content (AvgIpc) is 3.17. The van der Waals surface area contributed by atoms with Crippen LogP contribution < -0.4 is 14.8 Å². The molecule has 3 aliphatic rings. The van der Waals surface area contributed by atoms with Gasteiger partial charge in [-0.3, -0.25) is 4.90 Å². The molecule has 0 saturated heterocycles. The van der Waals surface area contributed by atoms with Crippen LogP contribution in [0.2, 0.25) is 0 Å². The Hall–Kier alpha value is -4.46. The summed E-state index contributed by atoms with van der Waals surface area (Å²) in [7, 11) is 0. The van der Waals surface area contributed by atoms with Gasteiger partial charge >= 0.3 is 12.2 Å². The van der Waals surface area contributed by atoms with Gasteiger partial charge in [0.2, 0.25) is 5.79 Å². The minimum atomic E-state index is -1.53. The standard InChI is InChI=1S/C44H60FN3O9/c1-7-24-54-44-38(48(42(52)53-9-3)28-29-16-18-31(45)19-17-29)27-36(47-57-43(4,5)6)34-25-30(14-10-12-22-49)33(15-11-13-23-50)39(40(34)44)35-26-32(20-21-37(35)56-44)55-41(51)46-8-2/h7,16-21,25-26,30,33,38-40,49-50H,1,8-15,22-24,27-28H2,2-6H3,(H,46,51)/t30-,33+,38-,39+,40+,44+/m0/s1. The van der Waals surface area contributed by atoms with Crippen LogP contribution in [0.5, 0.6) is 11.5 Å². The van der Waals surface area contributed by atoms with Crippen LogP contribution in [0, 0.1) is 23.6 Å². The Morgan fingerprint density at radius 2 is 1.79 bits per heavy atom. The minimum absolute atomic E-state index is 0.0132. The molecule has 5 rings (SSSR count). The number of allylic oxidation sites excluding steroid dienone is 1. The lowest BCUT2D eigenvalue weighted by Crippen LogP contribution is -2.70. The number of rotatable bonds is 18. The molecule has 6 atom stereocenters. The molecule has 2 aliphatic carbocycles. The summed E-state index contributed by atoms with van der Waals surface area (Å²) in [5.74, 6) is -2.01. The van der Waals surface area contributed by atoms with Crippen molar-refractivity contribution in [3.05, 3.63) is 83.7 Å². The predicted molar refractivity (Wildman–Crippen MR) is 214 cm³/mol. The summed E-state index contributed by atoms with van der Waals surface area (Å²) >= 11 is 0. The normalized spacial score (nSPS) is 24.3. The molecule has 0 unspecified atom stereocenters. The van der Waals surface area contributed by atoms with Crippen molar-refractivity contribution in [2.45, 2.75) is 109 Å². The highest BCUT2D eigenvalue weighted by atomic mass is 19.1. The number of aliphatic hydroxyl groups is 2. The van der Waals surface area contributed by atoms with Gasteiger partial charge in [0, 0.05) is 44.2 Å². The molecule has 13 heteroatoms. The van der Waals surface area contributed by atoms with E-state index in [9.17, 15) is 24.2 Å². The third-order valence-corrected chi connectivity index (χ3v) is 10.8. The van der Waals surface area contributed by atoms with Gasteiger partial charge in [0.1, 0.15) is 29.0 Å². The molecule has 0 spiro atoms. The first-order valence-corrected chi connectivity index (χ1v) is 20.3. The Labute approximate surface area is 336 Å². The number of hydrogen-bond acceptors (Lipinski definition) is 10. The summed E-state index contributed by atoms with van der Waals surface area (Å²) in [6.45, 7) is 14.0. The Kier molecular flexibility index (Phi) is 15.2. The smallest absolute Gasteiger partial charge is 0.412 e. The van der Waals surface area contributed by atoms with Gasteiger partial charge in [0.25, 0.3) is 0 Å². The molecule has 12 nitrogen and oxygen atoms in total. The topological polar surface area (TPSA) is 148 Å². The van der Waals surface area contributed by atoms with Crippen molar-refractivity contribution >= 4 is 17.9 Å². The van der Waals surface area contributed by atoms with Gasteiger partial charge in [0.05, 0.1) is 24.8 Å². The maximum absolute atomic E-state index is 14.3. The summed E-state index contributed by atoms with van der Waals surface area (Å²) in [6.07, 6.45) is 7.16. The van der Waals surface area contributed by atoms with Crippen molar-refractivity contribution in [2.75, 3.05) is 33.0 Å². The van der Waals surface area contributed by atoms with E-state index >= 15 is 0 Å². The van der Waals surface area contributed by atoms with Gasteiger partial charge in [-0.2, -0.15) is 0 Å². The zero-order valence-corrected chi connectivity index (χ0v) is 34.0. The second-order valence-electron chi connectivity index (χ2n) is 15.8. The van der Waals surface area contributed by atoms with Gasteiger partial charge in [-0.25, -0.2) is 14.0 Å². The second kappa shape index (κ2) is 19.8. The van der Waals surface area contributed by atoms with E-state index in [1.54, 1.807) is 42.2 Å². The van der Waals surface area contributed by atoms with E-state index in [0.29, 0.717) is 42.2 Å². The molecular weight excluding hydrogens is 733 g/mol. The highest BCUT2D eigenvalue weighted by Gasteiger charge is 2.65. The van der Waals surface area contributed by atoms with Gasteiger partial charge in [-0.1, -0.05) is 42.3 Å². The van der Waals surface area contributed by atoms with E-state index in [1.165, 1.54) is 12.1 Å². The van der Waals surface area contributed by atoms with Crippen LogP contribution in [-0.2, 0) is 20.9 Å². The van der Waals surface area contributed by atoms with Crippen LogP contribution >= 0.6 is 0 Å². The number of unbranched alkanes of at least 4 members (excludes halogenated alkanes) is 2. The lowest BCUT2D eigenvalue weighted by molar-refractivity contribution is -0.256. The minimum Gasteiger partial charge on any atom is -0.459 e. The van der Waals surface area contributed by atoms with Crippen molar-refractivity contribution in [1.29, 1.82) is 0 Å². The van der Waals surface area contributed by atoms with Crippen molar-refractivity contribution < 1.29 is 48.0 Å². The van der Waals surface area contributed by atoms with E-state index in [0.717, 1.165) is 36.8 Å². The summed E-state index contributed by atoms with van der Waals surface area (Å²) in [4.78, 5) is 34.7. The first-order chi connectivity index (χ1) is 27.4. The molecule has 57 heavy (non-hydrogen) atoms. The average molecular weight is 794 g/mol. The predicted octanol–water partition coefficient (Wildman–Crippen LogP) is 8.02. The van der Waals surface area contributed by atoms with E-state index in [-0.39, 0.29) is 57.1 Å². The van der Waals surface area contributed by atoms with E-state index < -0.39 is 41.4 Å². The number of amides is 2. The molecule has 2 amide bonds. The largest absolute Gasteiger partial charge is 0.459 e. The number of oxime groups is 1. The molecule has 312 valence electrons. The Balaban J connectivity index is 1.82. The molecule has 1 saturated carbocycles. The van der Waals surface area contributed by atoms with E-state index in [2.05, 4.69) is 18.0 Å². The number of benzene rings is 2. The lowest BCUT2D eigenvalue weighted by atomic mass is 9.55. The number of aliphatic hydroxyl groups excluding tert-OH is 2. The lowest BCUT2D eigenvalue weighted by Gasteiger charge is -2.60. The van der Waals surface area contributed by atoms with Crippen molar-refractivity contribution in [3.63, 3.8) is 0 Å². The molecule has 0 aromatic heterocycles. The molecule has 2 aromatic rings. The SMILES string of the molecule is C=CCO[C@@]12Oc3ccc(OC(=O)NCC)cc3[C@H]3[C@H](CCCCO)[C@@H](CCCCO)C=C(C(=NOC(C)(C)C)C[C@@H]1N(Cc1ccc(F)cc1)C(=O)OCC)[C@H]32. The Morgan fingerprint density at radius 1 is 1.07 bits per heavy atom. The zero-order chi connectivity index (χ0) is 41.2. The van der Waals surface area contributed by atoms with Crippen molar-refractivity contribution in [2.24, 2.45) is 22.9 Å². The number of nitrogens with zero attached hydrogens (tertiary/aromatic N) is 2. The number of nitrogens with one attached hydrogen (secondary N) is 1. The third kappa shape index (κ3) is 10.4. The highest BCUT2D eigenvalue weighted by molar-refractivity contribution is 6.03. The van der Waals surface area contributed by atoms with E-state index in [4.69, 9.17) is 28.9 Å². The molecule has 1 fully saturated rings. The highest BCUT2D eigenvalue weighted by Crippen LogP contribution is 2.62. The monoisotopic (exact) mass is 793 g/mol. The first kappa shape index (κ1) is 43.7. The summed E-state index contributed by atoms with van der Waals surface area (Å²) < 4.78 is 39.8. The quantitative estimate of drug-likeness (QED) is 0.0775. The Bertz CT molecular complexity index is 1740. The summed E-state index contributed by atoms with van der Waals surface area (Å²) in [5.41, 5.74) is 2.32. The van der Waals surface area contributed by atoms with Crippen LogP contribution in [0.25, 0.3) is 0 Å². The fraction of sp³-hybridized carbons (Fsp3) is 0.568. The van der Waals surface area contributed by atoms with Crippen LogP contribution in [0.15, 0.2) is 71.9 Å². The molecule has 1 heterocycles. The second-order valence-corrected chi connectivity index (χ2v) is 15.8. The molecule has 1 aliphatic heterocycles. The number of halogens is 1.